The minimum Gasteiger partial charge on any atom is -0.458 e. The van der Waals surface area contributed by atoms with Gasteiger partial charge in [-0.2, -0.15) is 0 Å². The van der Waals surface area contributed by atoms with E-state index < -0.39 is 16.7 Å². The van der Waals surface area contributed by atoms with Gasteiger partial charge in [-0.1, -0.05) is 24.3 Å². The monoisotopic (exact) mass is 301 g/mol. The Morgan fingerprint density at radius 1 is 1.23 bits per heavy atom. The zero-order valence-corrected chi connectivity index (χ0v) is 11.4. The lowest BCUT2D eigenvalue weighted by Crippen LogP contribution is -2.00. The van der Waals surface area contributed by atoms with Crippen LogP contribution in [0.5, 0.6) is 0 Å². The van der Waals surface area contributed by atoms with E-state index in [1.54, 1.807) is 12.1 Å². The Morgan fingerprint density at radius 3 is 2.73 bits per heavy atom. The SMILES string of the molecule is O=C(/C=C/c1cccc([N+](=O)[O-])c1)OCc1cccc(F)c1. The largest absolute Gasteiger partial charge is 0.458 e. The molecule has 0 amide bonds. The van der Waals surface area contributed by atoms with Gasteiger partial charge in [-0.25, -0.2) is 9.18 Å². The Morgan fingerprint density at radius 2 is 2.00 bits per heavy atom. The Bertz CT molecular complexity index is 728. The standard InChI is InChI=1S/C16H12FNO4/c17-14-5-1-4-13(9-14)11-22-16(19)8-7-12-3-2-6-15(10-12)18(20)21/h1-10H,11H2/b8-7+. The number of halogens is 1. The molecule has 2 rings (SSSR count). The molecule has 0 unspecified atom stereocenters. The first-order valence-corrected chi connectivity index (χ1v) is 6.38. The van der Waals surface area contributed by atoms with Crippen LogP contribution in [-0.4, -0.2) is 10.9 Å². The maximum absolute atomic E-state index is 13.0. The molecule has 0 aliphatic rings. The van der Waals surface area contributed by atoms with Crippen molar-refractivity contribution in [1.29, 1.82) is 0 Å². The summed E-state index contributed by atoms with van der Waals surface area (Å²) in [5.74, 6) is -1.02. The highest BCUT2D eigenvalue weighted by Crippen LogP contribution is 2.14. The van der Waals surface area contributed by atoms with E-state index >= 15 is 0 Å². The van der Waals surface area contributed by atoms with Gasteiger partial charge in [0, 0.05) is 18.2 Å². The second kappa shape index (κ2) is 7.12. The number of hydrogen-bond acceptors (Lipinski definition) is 4. The molecule has 0 fully saturated rings. The van der Waals surface area contributed by atoms with Crippen molar-refractivity contribution in [2.45, 2.75) is 6.61 Å². The third-order valence-electron chi connectivity index (χ3n) is 2.76. The molecule has 0 aliphatic carbocycles. The van der Waals surface area contributed by atoms with Gasteiger partial charge < -0.3 is 4.74 Å². The van der Waals surface area contributed by atoms with Crippen LogP contribution in [0, 0.1) is 15.9 Å². The van der Waals surface area contributed by atoms with Crippen LogP contribution in [0.4, 0.5) is 10.1 Å². The minimum absolute atomic E-state index is 0.0458. The number of nitrogens with zero attached hydrogens (tertiary/aromatic N) is 1. The molecule has 22 heavy (non-hydrogen) atoms. The van der Waals surface area contributed by atoms with Gasteiger partial charge in [0.25, 0.3) is 5.69 Å². The lowest BCUT2D eigenvalue weighted by molar-refractivity contribution is -0.384. The average Bonchev–Trinajstić information content (AvgIpc) is 2.51. The summed E-state index contributed by atoms with van der Waals surface area (Å²) in [4.78, 5) is 21.7. The molecule has 0 aliphatic heterocycles. The highest BCUT2D eigenvalue weighted by molar-refractivity contribution is 5.87. The van der Waals surface area contributed by atoms with Gasteiger partial charge in [0.15, 0.2) is 0 Å². The first-order valence-electron chi connectivity index (χ1n) is 6.38. The van der Waals surface area contributed by atoms with Gasteiger partial charge in [0.2, 0.25) is 0 Å². The highest BCUT2D eigenvalue weighted by Gasteiger charge is 2.04. The van der Waals surface area contributed by atoms with Crippen LogP contribution in [-0.2, 0) is 16.1 Å². The molecular formula is C16H12FNO4. The van der Waals surface area contributed by atoms with E-state index in [1.807, 2.05) is 0 Å². The van der Waals surface area contributed by atoms with Gasteiger partial charge in [-0.3, -0.25) is 10.1 Å². The Hall–Kier alpha value is -3.02. The summed E-state index contributed by atoms with van der Waals surface area (Å²) < 4.78 is 17.9. The minimum atomic E-state index is -0.615. The molecule has 0 bridgehead atoms. The van der Waals surface area contributed by atoms with E-state index in [-0.39, 0.29) is 12.3 Å². The number of non-ortho nitro benzene ring substituents is 1. The second-order valence-electron chi connectivity index (χ2n) is 4.42. The third-order valence-corrected chi connectivity index (χ3v) is 2.76. The fraction of sp³-hybridized carbons (Fsp3) is 0.0625. The number of nitro groups is 1. The average molecular weight is 301 g/mol. The van der Waals surface area contributed by atoms with Gasteiger partial charge in [0.05, 0.1) is 4.92 Å². The molecule has 0 saturated carbocycles. The Balaban J connectivity index is 1.94. The molecule has 0 N–H and O–H groups in total. The first kappa shape index (κ1) is 15.4. The number of carbonyl (C=O) groups is 1. The molecule has 112 valence electrons. The van der Waals surface area contributed by atoms with Gasteiger partial charge >= 0.3 is 5.97 Å². The predicted octanol–water partition coefficient (Wildman–Crippen LogP) is 3.49. The van der Waals surface area contributed by atoms with E-state index in [1.165, 1.54) is 48.6 Å². The van der Waals surface area contributed by atoms with Gasteiger partial charge in [-0.05, 0) is 29.3 Å². The van der Waals surface area contributed by atoms with Crippen LogP contribution in [0.1, 0.15) is 11.1 Å². The molecule has 2 aromatic rings. The summed E-state index contributed by atoms with van der Waals surface area (Å²) >= 11 is 0. The van der Waals surface area contributed by atoms with Crippen LogP contribution in [0.15, 0.2) is 54.6 Å². The molecule has 6 heteroatoms. The number of esters is 1. The molecule has 0 heterocycles. The molecular weight excluding hydrogens is 289 g/mol. The van der Waals surface area contributed by atoms with Crippen molar-refractivity contribution >= 4 is 17.7 Å². The Kier molecular flexibility index (Phi) is 4.98. The lowest BCUT2D eigenvalue weighted by Gasteiger charge is -2.02. The molecule has 0 saturated heterocycles. The first-order chi connectivity index (χ1) is 10.5. The van der Waals surface area contributed by atoms with E-state index in [9.17, 15) is 19.3 Å². The van der Waals surface area contributed by atoms with E-state index in [0.29, 0.717) is 11.1 Å². The molecule has 0 radical (unpaired) electrons. The third kappa shape index (κ3) is 4.52. The van der Waals surface area contributed by atoms with Crippen molar-refractivity contribution in [2.24, 2.45) is 0 Å². The summed E-state index contributed by atoms with van der Waals surface area (Å²) in [6.45, 7) is -0.0458. The number of hydrogen-bond donors (Lipinski definition) is 0. The lowest BCUT2D eigenvalue weighted by atomic mass is 10.2. The topological polar surface area (TPSA) is 69.4 Å². The van der Waals surface area contributed by atoms with Crippen molar-refractivity contribution in [3.8, 4) is 0 Å². The molecule has 2 aromatic carbocycles. The van der Waals surface area contributed by atoms with Gasteiger partial charge in [-0.15, -0.1) is 0 Å². The molecule has 0 spiro atoms. The van der Waals surface area contributed by atoms with Crippen LogP contribution < -0.4 is 0 Å². The number of ether oxygens (including phenoxy) is 1. The van der Waals surface area contributed by atoms with Crippen molar-refractivity contribution in [3.05, 3.63) is 81.7 Å². The summed E-state index contributed by atoms with van der Waals surface area (Å²) in [7, 11) is 0. The molecule has 0 aromatic heterocycles. The van der Waals surface area contributed by atoms with Crippen LogP contribution in [0.25, 0.3) is 6.08 Å². The van der Waals surface area contributed by atoms with Crippen molar-refractivity contribution < 1.29 is 18.8 Å². The van der Waals surface area contributed by atoms with E-state index in [0.717, 1.165) is 0 Å². The van der Waals surface area contributed by atoms with E-state index in [2.05, 4.69) is 0 Å². The zero-order chi connectivity index (χ0) is 15.9. The number of benzene rings is 2. The summed E-state index contributed by atoms with van der Waals surface area (Å²) in [6.07, 6.45) is 2.58. The molecule has 5 nitrogen and oxygen atoms in total. The summed E-state index contributed by atoms with van der Waals surface area (Å²) in [6, 6.07) is 11.6. The fourth-order valence-electron chi connectivity index (χ4n) is 1.74. The normalized spacial score (nSPS) is 10.6. The van der Waals surface area contributed by atoms with Crippen LogP contribution in [0.2, 0.25) is 0 Å². The van der Waals surface area contributed by atoms with E-state index in [4.69, 9.17) is 4.74 Å². The number of nitro benzene ring substituents is 1. The van der Waals surface area contributed by atoms with Crippen molar-refractivity contribution in [1.82, 2.24) is 0 Å². The van der Waals surface area contributed by atoms with Crippen molar-refractivity contribution in [3.63, 3.8) is 0 Å². The molecule has 0 atom stereocenters. The van der Waals surface area contributed by atoms with Crippen molar-refractivity contribution in [2.75, 3.05) is 0 Å². The number of carbonyl (C=O) groups excluding carboxylic acids is 1. The van der Waals surface area contributed by atoms with Crippen LogP contribution in [0.3, 0.4) is 0 Å². The smallest absolute Gasteiger partial charge is 0.331 e. The summed E-state index contributed by atoms with van der Waals surface area (Å²) in [5, 5.41) is 10.6. The second-order valence-corrected chi connectivity index (χ2v) is 4.42. The maximum Gasteiger partial charge on any atom is 0.331 e. The Labute approximate surface area is 125 Å². The predicted molar refractivity (Wildman–Crippen MR) is 78.3 cm³/mol. The summed E-state index contributed by atoms with van der Waals surface area (Å²) in [5.41, 5.74) is 0.990. The van der Waals surface area contributed by atoms with Crippen LogP contribution >= 0.6 is 0 Å². The number of rotatable bonds is 5. The fourth-order valence-corrected chi connectivity index (χ4v) is 1.74. The zero-order valence-electron chi connectivity index (χ0n) is 11.4. The quantitative estimate of drug-likeness (QED) is 0.367. The highest BCUT2D eigenvalue weighted by atomic mass is 19.1. The van der Waals surface area contributed by atoms with Gasteiger partial charge in [0.1, 0.15) is 12.4 Å². The maximum atomic E-state index is 13.0.